The molecule has 0 saturated carbocycles. The number of hydrogen-bond donors (Lipinski definition) is 1. The minimum atomic E-state index is -0.293. The molecule has 2 aromatic heterocycles. The van der Waals surface area contributed by atoms with Crippen molar-refractivity contribution in [3.05, 3.63) is 60.2 Å². The molecule has 0 bridgehead atoms. The number of rotatable bonds is 20. The first-order valence-electron chi connectivity index (χ1n) is 12.0. The number of nitrogens with zero attached hydrogens (tertiary/aromatic N) is 2. The topological polar surface area (TPSA) is 64.5 Å². The number of pyridine rings is 2. The summed E-state index contributed by atoms with van der Waals surface area (Å²) in [5.74, 6) is 4.34. The van der Waals surface area contributed by atoms with Crippen molar-refractivity contribution in [1.29, 1.82) is 0 Å². The summed E-state index contributed by atoms with van der Waals surface area (Å²) in [6.07, 6.45) is 8.61. The number of aryl methyl sites for hydroxylation is 2. The molecule has 1 N–H and O–H groups in total. The van der Waals surface area contributed by atoms with Gasteiger partial charge in [0.05, 0.1) is 19.8 Å². The van der Waals surface area contributed by atoms with Crippen molar-refractivity contribution >= 4 is 23.5 Å². The van der Waals surface area contributed by atoms with E-state index in [0.29, 0.717) is 13.2 Å². The van der Waals surface area contributed by atoms with Gasteiger partial charge in [-0.1, -0.05) is 19.1 Å². The molecule has 0 atom stereocenters. The second kappa shape index (κ2) is 18.2. The average molecular weight is 493 g/mol. The van der Waals surface area contributed by atoms with Crippen LogP contribution in [0.15, 0.2) is 48.8 Å². The third-order valence-corrected chi connectivity index (χ3v) is 7.65. The van der Waals surface area contributed by atoms with Gasteiger partial charge in [-0.2, -0.15) is 23.5 Å². The molecule has 2 rings (SSSR count). The van der Waals surface area contributed by atoms with Crippen LogP contribution in [0.4, 0.5) is 0 Å². The molecule has 0 aliphatic heterocycles. The van der Waals surface area contributed by atoms with Crippen LogP contribution in [0, 0.1) is 5.41 Å². The van der Waals surface area contributed by atoms with E-state index in [1.165, 1.54) is 0 Å². The summed E-state index contributed by atoms with van der Waals surface area (Å²) in [5, 5.41) is 9.96. The van der Waals surface area contributed by atoms with Gasteiger partial charge in [0.25, 0.3) is 0 Å². The standard InChI is InChI=1S/C26H40N2O3S2/c1-2-26(21-29,22-30-15-7-17-32-19-11-24-9-3-5-13-27-24)23-31-16-8-18-33-20-12-25-10-4-6-14-28-25/h3-6,9-10,13-14,29H,2,7-8,11-12,15-23H2,1H3. The summed E-state index contributed by atoms with van der Waals surface area (Å²) in [6.45, 7) is 4.76. The Balaban J connectivity index is 1.45. The Morgan fingerprint density at radius 3 is 1.70 bits per heavy atom. The largest absolute Gasteiger partial charge is 0.396 e. The van der Waals surface area contributed by atoms with Crippen molar-refractivity contribution in [3.63, 3.8) is 0 Å². The third-order valence-electron chi connectivity index (χ3n) is 5.51. The summed E-state index contributed by atoms with van der Waals surface area (Å²) in [7, 11) is 0. The van der Waals surface area contributed by atoms with E-state index in [0.717, 1.165) is 79.7 Å². The minimum Gasteiger partial charge on any atom is -0.396 e. The first-order chi connectivity index (χ1) is 16.3. The van der Waals surface area contributed by atoms with Gasteiger partial charge in [0.1, 0.15) is 0 Å². The van der Waals surface area contributed by atoms with E-state index in [4.69, 9.17) is 9.47 Å². The quantitative estimate of drug-likeness (QED) is 0.263. The molecule has 0 aliphatic rings. The van der Waals surface area contributed by atoms with Crippen molar-refractivity contribution in [1.82, 2.24) is 9.97 Å². The molecule has 0 radical (unpaired) electrons. The molecule has 2 aromatic rings. The van der Waals surface area contributed by atoms with Crippen LogP contribution in [0.5, 0.6) is 0 Å². The van der Waals surface area contributed by atoms with Gasteiger partial charge < -0.3 is 14.6 Å². The Bertz CT molecular complexity index is 646. The van der Waals surface area contributed by atoms with E-state index in [1.807, 2.05) is 60.2 Å². The highest BCUT2D eigenvalue weighted by atomic mass is 32.2. The summed E-state index contributed by atoms with van der Waals surface area (Å²) >= 11 is 3.88. The summed E-state index contributed by atoms with van der Waals surface area (Å²) in [4.78, 5) is 8.71. The molecular weight excluding hydrogens is 452 g/mol. The van der Waals surface area contributed by atoms with Gasteiger partial charge in [-0.15, -0.1) is 0 Å². The van der Waals surface area contributed by atoms with Gasteiger partial charge in [0, 0.05) is 42.4 Å². The highest BCUT2D eigenvalue weighted by Gasteiger charge is 2.28. The molecule has 7 heteroatoms. The first kappa shape index (κ1) is 28.1. The first-order valence-corrected chi connectivity index (χ1v) is 14.3. The van der Waals surface area contributed by atoms with Gasteiger partial charge in [-0.05, 0) is 79.4 Å². The molecule has 0 saturated heterocycles. The van der Waals surface area contributed by atoms with Crippen LogP contribution < -0.4 is 0 Å². The summed E-state index contributed by atoms with van der Waals surface area (Å²) < 4.78 is 11.8. The predicted molar refractivity (Wildman–Crippen MR) is 141 cm³/mol. The molecule has 0 spiro atoms. The van der Waals surface area contributed by atoms with Crippen molar-refractivity contribution < 1.29 is 14.6 Å². The number of ether oxygens (including phenoxy) is 2. The number of thioether (sulfide) groups is 2. The van der Waals surface area contributed by atoms with Crippen molar-refractivity contribution in [3.8, 4) is 0 Å². The second-order valence-corrected chi connectivity index (χ2v) is 10.6. The Morgan fingerprint density at radius 2 is 1.30 bits per heavy atom. The summed E-state index contributed by atoms with van der Waals surface area (Å²) in [5.41, 5.74) is 2.01. The lowest BCUT2D eigenvalue weighted by molar-refractivity contribution is -0.0525. The molecule has 0 fully saturated rings. The highest BCUT2D eigenvalue weighted by molar-refractivity contribution is 7.99. The Morgan fingerprint density at radius 1 is 0.788 bits per heavy atom. The lowest BCUT2D eigenvalue weighted by Crippen LogP contribution is -2.36. The van der Waals surface area contributed by atoms with E-state index < -0.39 is 0 Å². The van der Waals surface area contributed by atoms with E-state index in [9.17, 15) is 5.11 Å². The third kappa shape index (κ3) is 12.8. The van der Waals surface area contributed by atoms with Crippen molar-refractivity contribution in [2.45, 2.75) is 39.0 Å². The van der Waals surface area contributed by atoms with E-state index in [-0.39, 0.29) is 12.0 Å². The van der Waals surface area contributed by atoms with Crippen LogP contribution >= 0.6 is 23.5 Å². The predicted octanol–water partition coefficient (Wildman–Crippen LogP) is 4.93. The molecule has 2 heterocycles. The Kier molecular flexibility index (Phi) is 15.5. The van der Waals surface area contributed by atoms with Crippen molar-refractivity contribution in [2.75, 3.05) is 56.0 Å². The fourth-order valence-electron chi connectivity index (χ4n) is 3.20. The van der Waals surface area contributed by atoms with Crippen LogP contribution in [0.3, 0.4) is 0 Å². The maximum absolute atomic E-state index is 9.96. The van der Waals surface area contributed by atoms with E-state index in [2.05, 4.69) is 29.0 Å². The molecule has 0 amide bonds. The zero-order chi connectivity index (χ0) is 23.5. The minimum absolute atomic E-state index is 0.0984. The molecule has 0 aromatic carbocycles. The molecule has 184 valence electrons. The van der Waals surface area contributed by atoms with E-state index >= 15 is 0 Å². The normalized spacial score (nSPS) is 11.7. The van der Waals surface area contributed by atoms with Crippen LogP contribution in [0.1, 0.15) is 37.6 Å². The maximum atomic E-state index is 9.96. The van der Waals surface area contributed by atoms with Crippen LogP contribution in [0.2, 0.25) is 0 Å². The SMILES string of the molecule is CCC(CO)(COCCCSCCc1ccccn1)COCCCSCCc1ccccn1. The Labute approximate surface area is 208 Å². The van der Waals surface area contributed by atoms with Gasteiger partial charge >= 0.3 is 0 Å². The number of aliphatic hydroxyl groups is 1. The van der Waals surface area contributed by atoms with E-state index in [1.54, 1.807) is 0 Å². The van der Waals surface area contributed by atoms with Gasteiger partial charge in [0.15, 0.2) is 0 Å². The fourth-order valence-corrected chi connectivity index (χ4v) is 4.96. The molecule has 33 heavy (non-hydrogen) atoms. The van der Waals surface area contributed by atoms with Gasteiger partial charge in [-0.25, -0.2) is 0 Å². The molecule has 5 nitrogen and oxygen atoms in total. The monoisotopic (exact) mass is 492 g/mol. The molecular formula is C26H40N2O3S2. The van der Waals surface area contributed by atoms with Crippen LogP contribution in [0.25, 0.3) is 0 Å². The van der Waals surface area contributed by atoms with Crippen molar-refractivity contribution in [2.24, 2.45) is 5.41 Å². The average Bonchev–Trinajstić information content (AvgIpc) is 2.87. The highest BCUT2D eigenvalue weighted by Crippen LogP contribution is 2.23. The summed E-state index contributed by atoms with van der Waals surface area (Å²) in [6, 6.07) is 12.1. The molecule has 0 aliphatic carbocycles. The maximum Gasteiger partial charge on any atom is 0.0566 e. The molecule has 0 unspecified atom stereocenters. The zero-order valence-electron chi connectivity index (χ0n) is 20.0. The lowest BCUT2D eigenvalue weighted by atomic mass is 9.88. The Hall–Kier alpha value is -1.12. The van der Waals surface area contributed by atoms with Crippen LogP contribution in [-0.4, -0.2) is 71.1 Å². The lowest BCUT2D eigenvalue weighted by Gasteiger charge is -2.30. The van der Waals surface area contributed by atoms with Gasteiger partial charge in [-0.3, -0.25) is 9.97 Å². The number of aromatic nitrogens is 2. The second-order valence-electron chi connectivity index (χ2n) is 8.19. The zero-order valence-corrected chi connectivity index (χ0v) is 21.6. The van der Waals surface area contributed by atoms with Crippen LogP contribution in [-0.2, 0) is 22.3 Å². The number of aliphatic hydroxyl groups excluding tert-OH is 1. The smallest absolute Gasteiger partial charge is 0.0566 e. The number of hydrogen-bond acceptors (Lipinski definition) is 7. The fraction of sp³-hybridized carbons (Fsp3) is 0.615. The van der Waals surface area contributed by atoms with Gasteiger partial charge in [0.2, 0.25) is 0 Å².